The molecule has 0 aliphatic carbocycles. The van der Waals surface area contributed by atoms with Crippen LogP contribution in [0, 0.1) is 0 Å². The van der Waals surface area contributed by atoms with Crippen LogP contribution in [0.25, 0.3) is 21.7 Å². The molecule has 0 aliphatic heterocycles. The van der Waals surface area contributed by atoms with E-state index < -0.39 is 14.6 Å². The van der Waals surface area contributed by atoms with Crippen molar-refractivity contribution in [2.45, 2.75) is 4.90 Å². The van der Waals surface area contributed by atoms with E-state index in [0.717, 1.165) is 0 Å². The minimum absolute atomic E-state index is 0.0193. The molecular formula is C12H7BrClN3O3S. The van der Waals surface area contributed by atoms with Gasteiger partial charge in [-0.2, -0.15) is 0 Å². The van der Waals surface area contributed by atoms with E-state index in [0.29, 0.717) is 21.7 Å². The molecule has 1 heterocycles. The number of hydrogen-bond donors (Lipinski definition) is 2. The number of nitrogens with zero attached hydrogens (tertiary/aromatic N) is 1. The Morgan fingerprint density at radius 2 is 2.00 bits per heavy atom. The predicted molar refractivity (Wildman–Crippen MR) is 85.0 cm³/mol. The molecule has 0 atom stereocenters. The lowest BCUT2D eigenvalue weighted by molar-refractivity contribution is 0.609. The lowest BCUT2D eigenvalue weighted by Crippen LogP contribution is -2.11. The van der Waals surface area contributed by atoms with Crippen molar-refractivity contribution in [1.82, 2.24) is 9.97 Å². The van der Waals surface area contributed by atoms with Gasteiger partial charge < -0.3 is 5.73 Å². The SMILES string of the molecule is Nc1nc2ccc3cc(S(=O)(=O)Cl)c(Br)cc3c2c(=O)[nH]1. The number of aromatic amines is 1. The van der Waals surface area contributed by atoms with Crippen molar-refractivity contribution < 1.29 is 8.42 Å². The van der Waals surface area contributed by atoms with Gasteiger partial charge in [0.2, 0.25) is 5.95 Å². The number of hydrogen-bond acceptors (Lipinski definition) is 5. The number of nitrogens with two attached hydrogens (primary N) is 1. The van der Waals surface area contributed by atoms with E-state index >= 15 is 0 Å². The van der Waals surface area contributed by atoms with Gasteiger partial charge in [-0.25, -0.2) is 13.4 Å². The number of halogens is 2. The lowest BCUT2D eigenvalue weighted by atomic mass is 10.1. The molecule has 0 saturated heterocycles. The van der Waals surface area contributed by atoms with Gasteiger partial charge in [0.25, 0.3) is 14.6 Å². The van der Waals surface area contributed by atoms with Gasteiger partial charge in [0.15, 0.2) is 0 Å². The Hall–Kier alpha value is -1.64. The van der Waals surface area contributed by atoms with Crippen molar-refractivity contribution in [3.63, 3.8) is 0 Å². The molecule has 3 N–H and O–H groups in total. The summed E-state index contributed by atoms with van der Waals surface area (Å²) in [6.45, 7) is 0. The van der Waals surface area contributed by atoms with Crippen LogP contribution >= 0.6 is 26.6 Å². The number of rotatable bonds is 1. The topological polar surface area (TPSA) is 106 Å². The fourth-order valence-corrected chi connectivity index (χ4v) is 4.37. The summed E-state index contributed by atoms with van der Waals surface area (Å²) in [5.74, 6) is 0.0193. The number of benzene rings is 2. The van der Waals surface area contributed by atoms with Crippen molar-refractivity contribution in [2.75, 3.05) is 5.73 Å². The van der Waals surface area contributed by atoms with E-state index in [9.17, 15) is 13.2 Å². The Balaban J connectivity index is 2.54. The second-order valence-corrected chi connectivity index (χ2v) is 7.74. The van der Waals surface area contributed by atoms with Gasteiger partial charge in [-0.3, -0.25) is 9.78 Å². The van der Waals surface area contributed by atoms with Crippen LogP contribution in [0.3, 0.4) is 0 Å². The Morgan fingerprint density at radius 1 is 1.29 bits per heavy atom. The average molecular weight is 389 g/mol. The molecule has 0 bridgehead atoms. The summed E-state index contributed by atoms with van der Waals surface area (Å²) in [6, 6.07) is 6.18. The lowest BCUT2D eigenvalue weighted by Gasteiger charge is -2.07. The van der Waals surface area contributed by atoms with Crippen LogP contribution in [-0.4, -0.2) is 18.4 Å². The average Bonchev–Trinajstić information content (AvgIpc) is 2.35. The molecule has 0 saturated carbocycles. The first-order valence-electron chi connectivity index (χ1n) is 5.64. The second kappa shape index (κ2) is 4.69. The molecule has 2 aromatic carbocycles. The molecule has 0 radical (unpaired) electrons. The smallest absolute Gasteiger partial charge is 0.262 e. The summed E-state index contributed by atoms with van der Waals surface area (Å²) in [7, 11) is 1.49. The van der Waals surface area contributed by atoms with Crippen LogP contribution in [0.4, 0.5) is 5.95 Å². The van der Waals surface area contributed by atoms with E-state index in [1.807, 2.05) is 0 Å². The maximum Gasteiger partial charge on any atom is 0.262 e. The highest BCUT2D eigenvalue weighted by Gasteiger charge is 2.17. The van der Waals surface area contributed by atoms with Gasteiger partial charge in [0.1, 0.15) is 0 Å². The number of H-pyrrole nitrogens is 1. The maximum atomic E-state index is 12.1. The summed E-state index contributed by atoms with van der Waals surface area (Å²) < 4.78 is 23.3. The van der Waals surface area contributed by atoms with Gasteiger partial charge in [-0.05, 0) is 44.9 Å². The normalized spacial score (nSPS) is 12.1. The van der Waals surface area contributed by atoms with E-state index in [1.165, 1.54) is 12.1 Å². The van der Waals surface area contributed by atoms with Crippen molar-refractivity contribution in [3.8, 4) is 0 Å². The third-order valence-corrected chi connectivity index (χ3v) is 5.30. The van der Waals surface area contributed by atoms with Crippen LogP contribution in [0.2, 0.25) is 0 Å². The van der Waals surface area contributed by atoms with Crippen LogP contribution in [-0.2, 0) is 9.05 Å². The summed E-state index contributed by atoms with van der Waals surface area (Å²) in [4.78, 5) is 18.5. The zero-order valence-corrected chi connectivity index (χ0v) is 13.4. The van der Waals surface area contributed by atoms with Crippen LogP contribution in [0.5, 0.6) is 0 Å². The first-order chi connectivity index (χ1) is 9.77. The molecule has 0 spiro atoms. The van der Waals surface area contributed by atoms with E-state index in [2.05, 4.69) is 25.9 Å². The third-order valence-electron chi connectivity index (χ3n) is 3.02. The Labute approximate surface area is 131 Å². The zero-order valence-electron chi connectivity index (χ0n) is 10.2. The summed E-state index contributed by atoms with van der Waals surface area (Å²) in [5, 5.41) is 1.44. The van der Waals surface area contributed by atoms with Crippen molar-refractivity contribution in [1.29, 1.82) is 0 Å². The molecule has 0 unspecified atom stereocenters. The van der Waals surface area contributed by atoms with Gasteiger partial charge >= 0.3 is 0 Å². The van der Waals surface area contributed by atoms with Crippen LogP contribution in [0.1, 0.15) is 0 Å². The standard InChI is InChI=1S/C12H7BrClN3O3S/c13-7-4-6-5(3-9(7)21(14,19)20)1-2-8-10(6)11(18)17-12(15)16-8/h1-4H,(H3,15,16,17,18). The minimum Gasteiger partial charge on any atom is -0.369 e. The fourth-order valence-electron chi connectivity index (χ4n) is 2.17. The third kappa shape index (κ3) is 2.39. The predicted octanol–water partition coefficient (Wildman–Crippen LogP) is 2.35. The van der Waals surface area contributed by atoms with E-state index in [1.54, 1.807) is 12.1 Å². The first kappa shape index (κ1) is 14.3. The minimum atomic E-state index is -3.89. The Bertz CT molecular complexity index is 1060. The van der Waals surface area contributed by atoms with Crippen molar-refractivity contribution in [2.24, 2.45) is 0 Å². The number of nitrogen functional groups attached to an aromatic ring is 1. The molecule has 0 aliphatic rings. The zero-order chi connectivity index (χ0) is 15.4. The largest absolute Gasteiger partial charge is 0.369 e. The van der Waals surface area contributed by atoms with Crippen molar-refractivity contribution in [3.05, 3.63) is 39.1 Å². The molecular weight excluding hydrogens is 382 g/mol. The van der Waals surface area contributed by atoms with Gasteiger partial charge in [0, 0.05) is 15.2 Å². The fraction of sp³-hybridized carbons (Fsp3) is 0. The summed E-state index contributed by atoms with van der Waals surface area (Å²) in [6.07, 6.45) is 0. The van der Waals surface area contributed by atoms with Crippen LogP contribution in [0.15, 0.2) is 38.4 Å². The highest BCUT2D eigenvalue weighted by molar-refractivity contribution is 9.10. The molecule has 9 heteroatoms. The number of aromatic nitrogens is 2. The molecule has 108 valence electrons. The van der Waals surface area contributed by atoms with Gasteiger partial charge in [0.05, 0.1) is 15.8 Å². The van der Waals surface area contributed by atoms with Crippen LogP contribution < -0.4 is 11.3 Å². The Morgan fingerprint density at radius 3 is 2.67 bits per heavy atom. The molecule has 21 heavy (non-hydrogen) atoms. The van der Waals surface area contributed by atoms with E-state index in [-0.39, 0.29) is 15.3 Å². The Kier molecular flexibility index (Phi) is 3.19. The highest BCUT2D eigenvalue weighted by atomic mass is 79.9. The molecule has 3 aromatic rings. The molecule has 0 fully saturated rings. The van der Waals surface area contributed by atoms with Crippen molar-refractivity contribution >= 4 is 63.3 Å². The quantitative estimate of drug-likeness (QED) is 0.491. The van der Waals surface area contributed by atoms with Gasteiger partial charge in [-0.15, -0.1) is 0 Å². The molecule has 6 nitrogen and oxygen atoms in total. The molecule has 0 amide bonds. The second-order valence-electron chi connectivity index (χ2n) is 4.35. The number of nitrogens with one attached hydrogen (secondary N) is 1. The van der Waals surface area contributed by atoms with E-state index in [4.69, 9.17) is 16.4 Å². The first-order valence-corrected chi connectivity index (χ1v) is 8.74. The summed E-state index contributed by atoms with van der Waals surface area (Å²) in [5.41, 5.74) is 5.54. The maximum absolute atomic E-state index is 12.1. The molecule has 1 aromatic heterocycles. The highest BCUT2D eigenvalue weighted by Crippen LogP contribution is 2.32. The summed E-state index contributed by atoms with van der Waals surface area (Å²) >= 11 is 3.16. The van der Waals surface area contributed by atoms with Gasteiger partial charge in [-0.1, -0.05) is 6.07 Å². The molecule has 3 rings (SSSR count). The number of anilines is 1. The monoisotopic (exact) mass is 387 g/mol. The number of fused-ring (bicyclic) bond motifs is 3.